The van der Waals surface area contributed by atoms with Crippen LogP contribution in [-0.2, 0) is 19.1 Å². The maximum atomic E-state index is 13.7. The lowest BCUT2D eigenvalue weighted by molar-refractivity contribution is -0.132. The van der Waals surface area contributed by atoms with Gasteiger partial charge in [-0.05, 0) is 80.6 Å². The predicted octanol–water partition coefficient (Wildman–Crippen LogP) is 3.74. The first-order chi connectivity index (χ1) is 22.7. The smallest absolute Gasteiger partial charge is 0.398 e. The minimum Gasteiger partial charge on any atom is -0.398 e. The molecule has 12 heteroatoms. The average molecular weight is 644 g/mol. The molecule has 0 spiro atoms. The third kappa shape index (κ3) is 8.06. The fourth-order valence-electron chi connectivity index (χ4n) is 6.50. The van der Waals surface area contributed by atoms with Gasteiger partial charge in [0.1, 0.15) is 0 Å². The molecule has 2 aromatic rings. The molecule has 3 amide bonds. The number of alkyl carbamates (subject to hydrolysis) is 1. The Labute approximate surface area is 275 Å². The monoisotopic (exact) mass is 643 g/mol. The minimum absolute atomic E-state index is 0.0302. The van der Waals surface area contributed by atoms with Gasteiger partial charge in [-0.15, -0.1) is 0 Å². The van der Waals surface area contributed by atoms with E-state index < -0.39 is 6.09 Å². The largest absolute Gasteiger partial charge is 0.413 e. The zero-order valence-electron chi connectivity index (χ0n) is 27.2. The molecule has 5 rings (SSSR count). The summed E-state index contributed by atoms with van der Waals surface area (Å²) in [6.07, 6.45) is 4.36. The molecule has 0 aromatic heterocycles. The van der Waals surface area contributed by atoms with Gasteiger partial charge in [-0.3, -0.25) is 19.9 Å². The van der Waals surface area contributed by atoms with E-state index in [0.29, 0.717) is 81.3 Å². The number of benzene rings is 2. The number of nitrogen functional groups attached to an aromatic ring is 1. The van der Waals surface area contributed by atoms with Crippen LogP contribution in [0.4, 0.5) is 16.2 Å². The minimum atomic E-state index is -0.686. The molecule has 5 N–H and O–H groups in total. The first-order valence-electron chi connectivity index (χ1n) is 16.3. The zero-order chi connectivity index (χ0) is 33.5. The van der Waals surface area contributed by atoms with E-state index in [9.17, 15) is 14.4 Å². The number of amides is 3. The van der Waals surface area contributed by atoms with Crippen LogP contribution in [0.15, 0.2) is 48.5 Å². The average Bonchev–Trinajstić information content (AvgIpc) is 3.57. The maximum Gasteiger partial charge on any atom is 0.413 e. The fourth-order valence-corrected chi connectivity index (χ4v) is 6.50. The summed E-state index contributed by atoms with van der Waals surface area (Å²) in [5.41, 5.74) is 11.4. The van der Waals surface area contributed by atoms with Gasteiger partial charge in [0, 0.05) is 80.6 Å². The summed E-state index contributed by atoms with van der Waals surface area (Å²) in [5.74, 6) is -0.257. The second kappa shape index (κ2) is 15.4. The summed E-state index contributed by atoms with van der Waals surface area (Å²) in [5, 5.41) is 19.1. The summed E-state index contributed by atoms with van der Waals surface area (Å²) in [6.45, 7) is 6.33. The molecule has 0 bridgehead atoms. The number of ether oxygens (including phenoxy) is 2. The molecule has 0 radical (unpaired) electrons. The summed E-state index contributed by atoms with van der Waals surface area (Å²) in [6, 6.07) is 12.8. The molecule has 3 aliphatic heterocycles. The van der Waals surface area contributed by atoms with Gasteiger partial charge in [-0.2, -0.15) is 0 Å². The second-order valence-corrected chi connectivity index (χ2v) is 12.2. The highest BCUT2D eigenvalue weighted by atomic mass is 16.6. The van der Waals surface area contributed by atoms with E-state index in [2.05, 4.69) is 16.3 Å². The van der Waals surface area contributed by atoms with Crippen molar-refractivity contribution < 1.29 is 23.9 Å². The van der Waals surface area contributed by atoms with Crippen LogP contribution in [0.3, 0.4) is 0 Å². The Bertz CT molecular complexity index is 1530. The second-order valence-electron chi connectivity index (χ2n) is 12.2. The number of nitrogens with two attached hydrogens (primary N) is 1. The highest BCUT2D eigenvalue weighted by Crippen LogP contribution is 2.30. The standard InChI is InChI=1S/C35H45N7O5/c1-3-42(28-8-9-30(36)29(20-28)32(37)25-13-18-46-19-14-25)34(44)27-10-15-40(21-27)22-31(43)41-16-11-24(12-17-41)23-4-6-26(7-5-23)33(38)47-35(45)39-2/h4-9,11,20,25,27,37-38H,3,10,12-19,21-22,36H2,1-2H3,(H,39,45)/t27-/m1/s1. The van der Waals surface area contributed by atoms with Gasteiger partial charge in [0.2, 0.25) is 17.7 Å². The molecule has 3 aliphatic rings. The van der Waals surface area contributed by atoms with Gasteiger partial charge in [0.15, 0.2) is 0 Å². The van der Waals surface area contributed by atoms with Crippen molar-refractivity contribution >= 4 is 46.5 Å². The summed E-state index contributed by atoms with van der Waals surface area (Å²) >= 11 is 0. The summed E-state index contributed by atoms with van der Waals surface area (Å²) in [4.78, 5) is 44.0. The normalized spacial score (nSPS) is 18.7. The van der Waals surface area contributed by atoms with E-state index in [0.717, 1.165) is 29.7 Å². The molecule has 2 saturated heterocycles. The van der Waals surface area contributed by atoms with E-state index in [1.807, 2.05) is 36.1 Å². The molecular formula is C35H45N7O5. The highest BCUT2D eigenvalue weighted by Gasteiger charge is 2.33. The van der Waals surface area contributed by atoms with Crippen LogP contribution < -0.4 is 16.0 Å². The van der Waals surface area contributed by atoms with Gasteiger partial charge in [-0.1, -0.05) is 18.2 Å². The van der Waals surface area contributed by atoms with Crippen LogP contribution in [0.2, 0.25) is 0 Å². The molecule has 250 valence electrons. The Kier molecular flexibility index (Phi) is 11.0. The molecule has 0 saturated carbocycles. The zero-order valence-corrected chi connectivity index (χ0v) is 27.2. The van der Waals surface area contributed by atoms with Crippen LogP contribution in [0.5, 0.6) is 0 Å². The van der Waals surface area contributed by atoms with Gasteiger partial charge in [-0.25, -0.2) is 4.79 Å². The molecule has 2 fully saturated rings. The van der Waals surface area contributed by atoms with Crippen LogP contribution in [0, 0.1) is 22.7 Å². The molecule has 3 heterocycles. The number of likely N-dealkylation sites (tertiary alicyclic amines) is 1. The number of anilines is 2. The van der Waals surface area contributed by atoms with Crippen molar-refractivity contribution in [2.75, 3.05) is 70.2 Å². The molecule has 12 nitrogen and oxygen atoms in total. The van der Waals surface area contributed by atoms with Crippen LogP contribution in [0.25, 0.3) is 5.57 Å². The lowest BCUT2D eigenvalue weighted by atomic mass is 9.89. The van der Waals surface area contributed by atoms with Crippen molar-refractivity contribution in [2.45, 2.75) is 32.6 Å². The number of hydrogen-bond acceptors (Lipinski definition) is 9. The molecule has 0 aliphatic carbocycles. The number of rotatable bonds is 9. The molecule has 0 unspecified atom stereocenters. The van der Waals surface area contributed by atoms with Crippen LogP contribution in [-0.4, -0.2) is 98.8 Å². The fraction of sp³-hybridized carbons (Fsp3) is 0.457. The van der Waals surface area contributed by atoms with Crippen LogP contribution in [0.1, 0.15) is 49.3 Å². The first-order valence-corrected chi connectivity index (χ1v) is 16.3. The topological polar surface area (TPSA) is 165 Å². The Morgan fingerprint density at radius 3 is 2.45 bits per heavy atom. The lowest BCUT2D eigenvalue weighted by Crippen LogP contribution is -2.42. The molecular weight excluding hydrogens is 598 g/mol. The van der Waals surface area contributed by atoms with Gasteiger partial charge < -0.3 is 35.7 Å². The van der Waals surface area contributed by atoms with Crippen molar-refractivity contribution in [1.82, 2.24) is 15.1 Å². The molecule has 2 aromatic carbocycles. The number of nitrogens with one attached hydrogen (secondary N) is 3. The SMILES string of the molecule is CCN(C(=O)[C@@H]1CCN(CC(=O)N2CC=C(c3ccc(C(=N)OC(=O)NC)cc3)CC2)C1)c1ccc(N)c(C(=N)C2CCOCC2)c1. The van der Waals surface area contributed by atoms with Gasteiger partial charge in [0.25, 0.3) is 0 Å². The first kappa shape index (κ1) is 33.8. The summed E-state index contributed by atoms with van der Waals surface area (Å²) < 4.78 is 10.4. The van der Waals surface area contributed by atoms with Crippen molar-refractivity contribution in [1.29, 1.82) is 10.8 Å². The van der Waals surface area contributed by atoms with Crippen molar-refractivity contribution in [3.8, 4) is 0 Å². The van der Waals surface area contributed by atoms with Crippen molar-refractivity contribution in [3.05, 3.63) is 65.2 Å². The summed E-state index contributed by atoms with van der Waals surface area (Å²) in [7, 11) is 1.44. The van der Waals surface area contributed by atoms with E-state index >= 15 is 0 Å². The third-order valence-electron chi connectivity index (χ3n) is 9.31. The van der Waals surface area contributed by atoms with E-state index in [1.165, 1.54) is 7.05 Å². The Balaban J connectivity index is 1.14. The lowest BCUT2D eigenvalue weighted by Gasteiger charge is -2.29. The maximum absolute atomic E-state index is 13.7. The number of carbonyl (C=O) groups is 3. The Hall–Kier alpha value is -4.55. The quantitative estimate of drug-likeness (QED) is 0.184. The van der Waals surface area contributed by atoms with E-state index in [1.54, 1.807) is 23.1 Å². The molecule has 1 atom stereocenters. The van der Waals surface area contributed by atoms with E-state index in [4.69, 9.17) is 26.0 Å². The number of carbonyl (C=O) groups excluding carboxylic acids is 3. The van der Waals surface area contributed by atoms with Crippen LogP contribution >= 0.6 is 0 Å². The van der Waals surface area contributed by atoms with Gasteiger partial charge >= 0.3 is 6.09 Å². The van der Waals surface area contributed by atoms with Crippen molar-refractivity contribution in [2.24, 2.45) is 11.8 Å². The van der Waals surface area contributed by atoms with Gasteiger partial charge in [0.05, 0.1) is 12.5 Å². The number of hydrogen-bond donors (Lipinski definition) is 4. The molecule has 47 heavy (non-hydrogen) atoms. The Morgan fingerprint density at radius 2 is 1.79 bits per heavy atom. The highest BCUT2D eigenvalue weighted by molar-refractivity contribution is 6.06. The number of nitrogens with zero attached hydrogens (tertiary/aromatic N) is 3. The van der Waals surface area contributed by atoms with Crippen molar-refractivity contribution in [3.63, 3.8) is 0 Å². The Morgan fingerprint density at radius 1 is 1.04 bits per heavy atom. The third-order valence-corrected chi connectivity index (χ3v) is 9.31. The van der Waals surface area contributed by atoms with E-state index in [-0.39, 0.29) is 36.1 Å². The predicted molar refractivity (Wildman–Crippen MR) is 182 cm³/mol.